The predicted octanol–water partition coefficient (Wildman–Crippen LogP) is 2.34. The number of benzene rings is 1. The number of nitrogens with zero attached hydrogens (tertiary/aromatic N) is 1. The van der Waals surface area contributed by atoms with Crippen LogP contribution in [0, 0.1) is 0 Å². The molecule has 100 valence electrons. The molecule has 0 radical (unpaired) electrons. The van der Waals surface area contributed by atoms with Crippen LogP contribution in [0.5, 0.6) is 0 Å². The van der Waals surface area contributed by atoms with Gasteiger partial charge in [-0.1, -0.05) is 30.3 Å². The van der Waals surface area contributed by atoms with Gasteiger partial charge in [-0.25, -0.2) is 0 Å². The molecule has 1 aromatic rings. The quantitative estimate of drug-likeness (QED) is 0.766. The summed E-state index contributed by atoms with van der Waals surface area (Å²) in [5.74, 6) is -0.765. The molecule has 1 aliphatic carbocycles. The molecule has 0 fully saturated rings. The molecule has 0 heterocycles. The summed E-state index contributed by atoms with van der Waals surface area (Å²) in [5.41, 5.74) is 3.76. The van der Waals surface area contributed by atoms with E-state index in [1.54, 1.807) is 0 Å². The largest absolute Gasteiger partial charge is 0.338 e. The van der Waals surface area contributed by atoms with Crippen LogP contribution in [0.2, 0.25) is 0 Å². The highest BCUT2D eigenvalue weighted by atomic mass is 16.7. The third kappa shape index (κ3) is 3.22. The molecule has 4 nitrogen and oxygen atoms in total. The molecule has 0 aliphatic heterocycles. The van der Waals surface area contributed by atoms with Crippen molar-refractivity contribution in [2.75, 3.05) is 6.54 Å². The minimum absolute atomic E-state index is 0.279. The molecule has 0 aromatic heterocycles. The fourth-order valence-corrected chi connectivity index (χ4v) is 2.25. The van der Waals surface area contributed by atoms with Crippen LogP contribution in [0.1, 0.15) is 31.4 Å². The normalized spacial score (nSPS) is 15.2. The maximum absolute atomic E-state index is 11.3. The van der Waals surface area contributed by atoms with Crippen molar-refractivity contribution >= 4 is 17.4 Å². The molecule has 4 heteroatoms. The number of allylic oxidation sites excluding steroid dienone is 1. The molecule has 0 bridgehead atoms. The second-order valence-corrected chi connectivity index (χ2v) is 4.55. The number of hydrogen-bond donors (Lipinski definition) is 0. The Bertz CT molecular complexity index is 534. The Labute approximate surface area is 112 Å². The van der Waals surface area contributed by atoms with Gasteiger partial charge in [0.25, 0.3) is 5.91 Å². The fourth-order valence-electron chi connectivity index (χ4n) is 2.25. The van der Waals surface area contributed by atoms with Crippen molar-refractivity contribution in [1.29, 1.82) is 0 Å². The zero-order valence-electron chi connectivity index (χ0n) is 11.2. The number of carbonyl (C=O) groups is 2. The van der Waals surface area contributed by atoms with Crippen LogP contribution >= 0.6 is 0 Å². The molecule has 0 spiro atoms. The van der Waals surface area contributed by atoms with E-state index >= 15 is 0 Å². The maximum Gasteiger partial charge on any atom is 0.329 e. The molecule has 0 saturated carbocycles. The number of fused-ring (bicyclic) bond motifs is 1. The molecule has 0 atom stereocenters. The monoisotopic (exact) mass is 259 g/mol. The molecular formula is C15H17NO3. The van der Waals surface area contributed by atoms with Gasteiger partial charge in [0.1, 0.15) is 0 Å². The molecule has 2 rings (SSSR count). The van der Waals surface area contributed by atoms with Crippen LogP contribution in [-0.4, -0.2) is 23.5 Å². The molecule has 1 aliphatic rings. The maximum atomic E-state index is 11.3. The summed E-state index contributed by atoms with van der Waals surface area (Å²) in [4.78, 5) is 27.1. The average Bonchev–Trinajstić information content (AvgIpc) is 2.77. The molecule has 0 unspecified atom stereocenters. The van der Waals surface area contributed by atoms with Crippen LogP contribution in [0.15, 0.2) is 30.3 Å². The van der Waals surface area contributed by atoms with Crippen molar-refractivity contribution in [1.82, 2.24) is 5.06 Å². The van der Waals surface area contributed by atoms with Crippen molar-refractivity contribution < 1.29 is 14.4 Å². The number of rotatable bonds is 2. The van der Waals surface area contributed by atoms with Crippen molar-refractivity contribution in [3.8, 4) is 0 Å². The Balaban J connectivity index is 2.10. The lowest BCUT2D eigenvalue weighted by Crippen LogP contribution is -2.31. The first-order valence-corrected chi connectivity index (χ1v) is 6.32. The summed E-state index contributed by atoms with van der Waals surface area (Å²) in [5, 5.41) is 1.08. The number of hydrogen-bond acceptors (Lipinski definition) is 3. The Morgan fingerprint density at radius 1 is 1.26 bits per heavy atom. The third-order valence-corrected chi connectivity index (χ3v) is 3.12. The van der Waals surface area contributed by atoms with E-state index in [0.29, 0.717) is 6.54 Å². The summed E-state index contributed by atoms with van der Waals surface area (Å²) < 4.78 is 0. The highest BCUT2D eigenvalue weighted by molar-refractivity contribution is 5.76. The Morgan fingerprint density at radius 2 is 2.00 bits per heavy atom. The third-order valence-electron chi connectivity index (χ3n) is 3.12. The van der Waals surface area contributed by atoms with E-state index in [2.05, 4.69) is 12.1 Å². The van der Waals surface area contributed by atoms with Crippen LogP contribution < -0.4 is 0 Å². The second kappa shape index (κ2) is 5.69. The molecular weight excluding hydrogens is 242 g/mol. The highest BCUT2D eigenvalue weighted by Crippen LogP contribution is 2.31. The van der Waals surface area contributed by atoms with Gasteiger partial charge in [-0.2, -0.15) is 5.06 Å². The molecule has 1 aromatic carbocycles. The van der Waals surface area contributed by atoms with E-state index in [-0.39, 0.29) is 5.91 Å². The van der Waals surface area contributed by atoms with Gasteiger partial charge < -0.3 is 4.84 Å². The predicted molar refractivity (Wildman–Crippen MR) is 71.9 cm³/mol. The SMILES string of the molecule is CC(=O)ON(C/C=C1\CCc2ccccc21)C(C)=O. The van der Waals surface area contributed by atoms with Crippen molar-refractivity contribution in [2.45, 2.75) is 26.7 Å². The van der Waals surface area contributed by atoms with E-state index in [0.717, 1.165) is 17.9 Å². The summed E-state index contributed by atoms with van der Waals surface area (Å²) in [6.07, 6.45) is 3.94. The van der Waals surface area contributed by atoms with Gasteiger partial charge in [0.15, 0.2) is 0 Å². The van der Waals surface area contributed by atoms with Crippen molar-refractivity contribution in [3.63, 3.8) is 0 Å². The van der Waals surface area contributed by atoms with E-state index in [9.17, 15) is 9.59 Å². The molecule has 0 N–H and O–H groups in total. The van der Waals surface area contributed by atoms with Crippen LogP contribution in [0.3, 0.4) is 0 Å². The standard InChI is InChI=1S/C15H17NO3/c1-11(17)16(19-12(2)18)10-9-14-8-7-13-5-3-4-6-15(13)14/h3-6,9H,7-8,10H2,1-2H3/b14-9+. The molecule has 1 amide bonds. The number of aryl methyl sites for hydroxylation is 1. The Hall–Kier alpha value is -2.10. The van der Waals surface area contributed by atoms with Gasteiger partial charge in [0.2, 0.25) is 0 Å². The lowest BCUT2D eigenvalue weighted by atomic mass is 10.1. The number of carbonyl (C=O) groups excluding carboxylic acids is 2. The van der Waals surface area contributed by atoms with Crippen LogP contribution in [-0.2, 0) is 20.8 Å². The van der Waals surface area contributed by atoms with Crippen molar-refractivity contribution in [2.24, 2.45) is 0 Å². The lowest BCUT2D eigenvalue weighted by molar-refractivity contribution is -0.192. The topological polar surface area (TPSA) is 46.6 Å². The van der Waals surface area contributed by atoms with Crippen LogP contribution in [0.25, 0.3) is 5.57 Å². The highest BCUT2D eigenvalue weighted by Gasteiger charge is 2.16. The first kappa shape index (κ1) is 13.3. The van der Waals surface area contributed by atoms with E-state index in [4.69, 9.17) is 4.84 Å². The minimum atomic E-state index is -0.486. The molecule has 0 saturated heterocycles. The Kier molecular flexibility index (Phi) is 4.00. The van der Waals surface area contributed by atoms with Gasteiger partial charge in [0, 0.05) is 13.8 Å². The van der Waals surface area contributed by atoms with Gasteiger partial charge in [-0.15, -0.1) is 0 Å². The van der Waals surface area contributed by atoms with Crippen LogP contribution in [0.4, 0.5) is 0 Å². The second-order valence-electron chi connectivity index (χ2n) is 4.55. The summed E-state index contributed by atoms with van der Waals surface area (Å²) >= 11 is 0. The van der Waals surface area contributed by atoms with Gasteiger partial charge in [0.05, 0.1) is 6.54 Å². The minimum Gasteiger partial charge on any atom is -0.338 e. The molecule has 19 heavy (non-hydrogen) atoms. The van der Waals surface area contributed by atoms with Crippen molar-refractivity contribution in [3.05, 3.63) is 41.5 Å². The summed E-state index contributed by atoms with van der Waals surface area (Å²) in [6, 6.07) is 8.23. The lowest BCUT2D eigenvalue weighted by Gasteiger charge is -2.17. The van der Waals surface area contributed by atoms with E-state index in [1.807, 2.05) is 18.2 Å². The Morgan fingerprint density at radius 3 is 2.68 bits per heavy atom. The average molecular weight is 259 g/mol. The van der Waals surface area contributed by atoms with E-state index in [1.165, 1.54) is 30.5 Å². The number of amides is 1. The summed E-state index contributed by atoms with van der Waals surface area (Å²) in [7, 11) is 0. The zero-order chi connectivity index (χ0) is 13.8. The van der Waals surface area contributed by atoms with Gasteiger partial charge in [-0.05, 0) is 29.5 Å². The first-order valence-electron chi connectivity index (χ1n) is 6.32. The van der Waals surface area contributed by atoms with E-state index < -0.39 is 5.97 Å². The smallest absolute Gasteiger partial charge is 0.329 e. The zero-order valence-corrected chi connectivity index (χ0v) is 11.2. The summed E-state index contributed by atoms with van der Waals surface area (Å²) in [6.45, 7) is 2.95. The first-order chi connectivity index (χ1) is 9.08. The number of hydroxylamine groups is 2. The fraction of sp³-hybridized carbons (Fsp3) is 0.333. The van der Waals surface area contributed by atoms with Gasteiger partial charge >= 0.3 is 5.97 Å². The van der Waals surface area contributed by atoms with Gasteiger partial charge in [-0.3, -0.25) is 9.59 Å².